The highest BCUT2D eigenvalue weighted by Gasteiger charge is 2.19. The van der Waals surface area contributed by atoms with Gasteiger partial charge < -0.3 is 15.5 Å². The SMILES string of the molecule is N#Cc1ccc(Cn2nc(-c3cc(Cl)c(NC[C@@H](O)CO)nc3F)c3ccccc3c2=O)cc1. The lowest BCUT2D eigenvalue weighted by atomic mass is 10.1. The van der Waals surface area contributed by atoms with Crippen molar-refractivity contribution in [3.05, 3.63) is 87.0 Å². The van der Waals surface area contributed by atoms with E-state index in [4.69, 9.17) is 22.0 Å². The van der Waals surface area contributed by atoms with E-state index in [-0.39, 0.29) is 40.7 Å². The third kappa shape index (κ3) is 4.75. The molecule has 0 saturated heterocycles. The number of aliphatic hydroxyl groups excluding tert-OH is 2. The monoisotopic (exact) mass is 479 g/mol. The standard InChI is InChI=1S/C24H19ClFN5O3/c25-20-9-19(22(26)29-23(20)28-11-16(33)13-32)21-17-3-1-2-4-18(17)24(34)31(30-21)12-15-7-5-14(10-27)6-8-15/h1-9,16,32-33H,11-13H2,(H,28,29)/t16-/m1/s1. The van der Waals surface area contributed by atoms with Crippen molar-refractivity contribution < 1.29 is 14.6 Å². The zero-order chi connectivity index (χ0) is 24.2. The second-order valence-corrected chi connectivity index (χ2v) is 7.95. The van der Waals surface area contributed by atoms with Gasteiger partial charge in [0.15, 0.2) is 0 Å². The van der Waals surface area contributed by atoms with Gasteiger partial charge in [0.2, 0.25) is 5.95 Å². The summed E-state index contributed by atoms with van der Waals surface area (Å²) in [7, 11) is 0. The minimum atomic E-state index is -1.06. The van der Waals surface area contributed by atoms with Crippen LogP contribution in [0.3, 0.4) is 0 Å². The van der Waals surface area contributed by atoms with Crippen LogP contribution in [0.4, 0.5) is 10.2 Å². The van der Waals surface area contributed by atoms with Crippen LogP contribution in [0, 0.1) is 17.3 Å². The second kappa shape index (κ2) is 9.97. The van der Waals surface area contributed by atoms with Crippen LogP contribution in [0.1, 0.15) is 11.1 Å². The zero-order valence-corrected chi connectivity index (χ0v) is 18.5. The summed E-state index contributed by atoms with van der Waals surface area (Å²) in [5, 5.41) is 35.4. The number of nitrogens with one attached hydrogen (secondary N) is 1. The average molecular weight is 480 g/mol. The van der Waals surface area contributed by atoms with Crippen molar-refractivity contribution in [3.8, 4) is 17.3 Å². The summed E-state index contributed by atoms with van der Waals surface area (Å²) in [4.78, 5) is 16.9. The van der Waals surface area contributed by atoms with Gasteiger partial charge in [0.25, 0.3) is 5.56 Å². The lowest BCUT2D eigenvalue weighted by molar-refractivity contribution is 0.105. The van der Waals surface area contributed by atoms with Crippen LogP contribution >= 0.6 is 11.6 Å². The van der Waals surface area contributed by atoms with E-state index in [1.807, 2.05) is 6.07 Å². The molecule has 0 radical (unpaired) electrons. The van der Waals surface area contributed by atoms with Gasteiger partial charge in [-0.2, -0.15) is 14.8 Å². The maximum Gasteiger partial charge on any atom is 0.274 e. The number of fused-ring (bicyclic) bond motifs is 1. The number of hydrogen-bond acceptors (Lipinski definition) is 7. The molecule has 34 heavy (non-hydrogen) atoms. The average Bonchev–Trinajstić information content (AvgIpc) is 2.86. The lowest BCUT2D eigenvalue weighted by Gasteiger charge is -2.14. The normalized spacial score (nSPS) is 11.9. The largest absolute Gasteiger partial charge is 0.394 e. The second-order valence-electron chi connectivity index (χ2n) is 7.54. The number of anilines is 1. The maximum absolute atomic E-state index is 15.1. The number of aliphatic hydroxyl groups is 2. The molecule has 4 rings (SSSR count). The molecule has 0 amide bonds. The highest BCUT2D eigenvalue weighted by molar-refractivity contribution is 6.33. The van der Waals surface area contributed by atoms with Crippen molar-refractivity contribution in [1.29, 1.82) is 5.26 Å². The first-order valence-electron chi connectivity index (χ1n) is 10.3. The Morgan fingerprint density at radius 2 is 1.88 bits per heavy atom. The Morgan fingerprint density at radius 1 is 1.18 bits per heavy atom. The number of nitriles is 1. The number of pyridine rings is 1. The molecule has 3 N–H and O–H groups in total. The van der Waals surface area contributed by atoms with Crippen molar-refractivity contribution >= 4 is 28.2 Å². The van der Waals surface area contributed by atoms with Crippen LogP contribution < -0.4 is 10.9 Å². The van der Waals surface area contributed by atoms with E-state index in [9.17, 15) is 9.90 Å². The van der Waals surface area contributed by atoms with Crippen LogP contribution in [0.5, 0.6) is 0 Å². The van der Waals surface area contributed by atoms with E-state index in [1.54, 1.807) is 48.5 Å². The van der Waals surface area contributed by atoms with Crippen LogP contribution in [0.15, 0.2) is 59.4 Å². The molecule has 0 aliphatic rings. The number of hydrogen-bond donors (Lipinski definition) is 3. The Hall–Kier alpha value is -3.84. The summed E-state index contributed by atoms with van der Waals surface area (Å²) >= 11 is 6.30. The third-order valence-electron chi connectivity index (χ3n) is 5.18. The molecule has 0 aliphatic carbocycles. The van der Waals surface area contributed by atoms with Gasteiger partial charge in [-0.25, -0.2) is 9.67 Å². The first-order valence-corrected chi connectivity index (χ1v) is 10.7. The molecule has 0 saturated carbocycles. The number of halogens is 2. The van der Waals surface area contributed by atoms with E-state index >= 15 is 4.39 Å². The highest BCUT2D eigenvalue weighted by Crippen LogP contribution is 2.31. The third-order valence-corrected chi connectivity index (χ3v) is 5.47. The fourth-order valence-corrected chi connectivity index (χ4v) is 3.65. The molecule has 0 unspecified atom stereocenters. The van der Waals surface area contributed by atoms with Gasteiger partial charge in [-0.05, 0) is 29.8 Å². The molecule has 10 heteroatoms. The predicted molar refractivity (Wildman–Crippen MR) is 126 cm³/mol. The molecule has 1 atom stereocenters. The van der Waals surface area contributed by atoms with Crippen LogP contribution in [-0.4, -0.2) is 44.2 Å². The Labute approximate surface area is 198 Å². The number of rotatable bonds is 7. The summed E-state index contributed by atoms with van der Waals surface area (Å²) in [5.74, 6) is -0.864. The van der Waals surface area contributed by atoms with Gasteiger partial charge in [0.05, 0.1) is 46.9 Å². The van der Waals surface area contributed by atoms with E-state index < -0.39 is 18.7 Å². The van der Waals surface area contributed by atoms with E-state index in [1.165, 1.54) is 10.7 Å². The Morgan fingerprint density at radius 3 is 2.56 bits per heavy atom. The first-order chi connectivity index (χ1) is 16.4. The summed E-state index contributed by atoms with van der Waals surface area (Å²) < 4.78 is 16.3. The van der Waals surface area contributed by atoms with Gasteiger partial charge in [0, 0.05) is 11.9 Å². The molecule has 4 aromatic rings. The van der Waals surface area contributed by atoms with Crippen LogP contribution in [0.2, 0.25) is 5.02 Å². The molecule has 0 spiro atoms. The molecule has 0 bridgehead atoms. The summed E-state index contributed by atoms with van der Waals surface area (Å²) in [5.41, 5.74) is 1.08. The minimum Gasteiger partial charge on any atom is -0.394 e. The smallest absolute Gasteiger partial charge is 0.274 e. The number of aromatic nitrogens is 3. The maximum atomic E-state index is 15.1. The van der Waals surface area contributed by atoms with Crippen molar-refractivity contribution in [2.24, 2.45) is 0 Å². The molecular weight excluding hydrogens is 461 g/mol. The fraction of sp³-hybridized carbons (Fsp3) is 0.167. The summed E-state index contributed by atoms with van der Waals surface area (Å²) in [6.07, 6.45) is -1.06. The zero-order valence-electron chi connectivity index (χ0n) is 17.7. The Balaban J connectivity index is 1.80. The number of nitrogens with zero attached hydrogens (tertiary/aromatic N) is 4. The molecule has 172 valence electrons. The van der Waals surface area contributed by atoms with Crippen LogP contribution in [0.25, 0.3) is 22.0 Å². The Kier molecular flexibility index (Phi) is 6.84. The molecule has 2 aromatic heterocycles. The quantitative estimate of drug-likeness (QED) is 0.348. The molecule has 2 heterocycles. The molecule has 2 aromatic carbocycles. The van der Waals surface area contributed by atoms with Gasteiger partial charge >= 0.3 is 0 Å². The molecule has 0 aliphatic heterocycles. The lowest BCUT2D eigenvalue weighted by Crippen LogP contribution is -2.25. The van der Waals surface area contributed by atoms with Gasteiger partial charge in [-0.1, -0.05) is 41.9 Å². The summed E-state index contributed by atoms with van der Waals surface area (Å²) in [6, 6.07) is 16.9. The van der Waals surface area contributed by atoms with Gasteiger partial charge in [-0.15, -0.1) is 0 Å². The van der Waals surface area contributed by atoms with Gasteiger partial charge in [0.1, 0.15) is 11.5 Å². The van der Waals surface area contributed by atoms with Crippen molar-refractivity contribution in [2.45, 2.75) is 12.6 Å². The highest BCUT2D eigenvalue weighted by atomic mass is 35.5. The van der Waals surface area contributed by atoms with Crippen molar-refractivity contribution in [1.82, 2.24) is 14.8 Å². The van der Waals surface area contributed by atoms with E-state index in [2.05, 4.69) is 15.4 Å². The van der Waals surface area contributed by atoms with Crippen molar-refractivity contribution in [2.75, 3.05) is 18.5 Å². The predicted octanol–water partition coefficient (Wildman–Crippen LogP) is 2.94. The first kappa shape index (κ1) is 23.3. The van der Waals surface area contributed by atoms with Gasteiger partial charge in [-0.3, -0.25) is 4.79 Å². The number of benzene rings is 2. The van der Waals surface area contributed by atoms with Crippen LogP contribution in [-0.2, 0) is 6.54 Å². The van der Waals surface area contributed by atoms with E-state index in [0.29, 0.717) is 16.3 Å². The minimum absolute atomic E-state index is 0.00281. The fourth-order valence-electron chi connectivity index (χ4n) is 3.43. The molecular formula is C24H19ClFN5O3. The molecule has 8 nitrogen and oxygen atoms in total. The summed E-state index contributed by atoms with van der Waals surface area (Å²) in [6.45, 7) is -0.426. The molecule has 0 fully saturated rings. The topological polar surface area (TPSA) is 124 Å². The van der Waals surface area contributed by atoms with Crippen molar-refractivity contribution in [3.63, 3.8) is 0 Å². The van der Waals surface area contributed by atoms with E-state index in [0.717, 1.165) is 5.56 Å². The Bertz CT molecular complexity index is 1450.